The highest BCUT2D eigenvalue weighted by atomic mass is 16.6. The van der Waals surface area contributed by atoms with E-state index in [1.807, 2.05) is 0 Å². The third-order valence-electron chi connectivity index (χ3n) is 8.56. The van der Waals surface area contributed by atoms with Gasteiger partial charge in [0.15, 0.2) is 11.9 Å². The highest BCUT2D eigenvalue weighted by Crippen LogP contribution is 2.72. The zero-order valence-corrected chi connectivity index (χ0v) is 14.2. The molecule has 0 unspecified atom stereocenters. The molecule has 1 spiro atoms. The van der Waals surface area contributed by atoms with Gasteiger partial charge in [-0.25, -0.2) is 0 Å². The lowest BCUT2D eigenvalue weighted by Gasteiger charge is -2.61. The van der Waals surface area contributed by atoms with Gasteiger partial charge in [-0.05, 0) is 62.7 Å². The van der Waals surface area contributed by atoms with E-state index in [0.717, 1.165) is 38.5 Å². The van der Waals surface area contributed by atoms with Crippen LogP contribution in [-0.2, 0) is 14.3 Å². The number of hydrogen-bond donors (Lipinski definition) is 0. The summed E-state index contributed by atoms with van der Waals surface area (Å²) in [7, 11) is 0. The molecule has 2 bridgehead atoms. The number of carbonyl (C=O) groups is 2. The Labute approximate surface area is 137 Å². The van der Waals surface area contributed by atoms with Gasteiger partial charge in [0.2, 0.25) is 0 Å². The van der Waals surface area contributed by atoms with Gasteiger partial charge < -0.3 is 4.74 Å². The van der Waals surface area contributed by atoms with E-state index < -0.39 is 11.5 Å². The molecule has 4 aliphatic carbocycles. The number of ether oxygens (including phenoxy) is 1. The number of allylic oxidation sites excluding steroid dienone is 1. The largest absolute Gasteiger partial charge is 0.454 e. The molecule has 0 N–H and O–H groups in total. The number of hydrogen-bond acceptors (Lipinski definition) is 3. The molecule has 5 fully saturated rings. The predicted molar refractivity (Wildman–Crippen MR) is 85.5 cm³/mol. The molecule has 1 aliphatic heterocycles. The lowest BCUT2D eigenvalue weighted by Crippen LogP contribution is -2.64. The van der Waals surface area contributed by atoms with Gasteiger partial charge >= 0.3 is 5.97 Å². The van der Waals surface area contributed by atoms with Crippen molar-refractivity contribution in [1.82, 2.24) is 0 Å². The van der Waals surface area contributed by atoms with Gasteiger partial charge in [0.1, 0.15) is 0 Å². The zero-order chi connectivity index (χ0) is 16.2. The number of fused-ring (bicyclic) bond motifs is 2. The minimum atomic E-state index is -0.487. The molecule has 0 aromatic carbocycles. The quantitative estimate of drug-likeness (QED) is 0.506. The average molecular weight is 314 g/mol. The van der Waals surface area contributed by atoms with Crippen molar-refractivity contribution >= 4 is 11.8 Å². The second kappa shape index (κ2) is 3.92. The van der Waals surface area contributed by atoms with E-state index in [4.69, 9.17) is 4.74 Å². The van der Waals surface area contributed by atoms with Crippen molar-refractivity contribution in [3.63, 3.8) is 0 Å². The van der Waals surface area contributed by atoms with Gasteiger partial charge in [0.25, 0.3) is 0 Å². The Morgan fingerprint density at radius 1 is 1.17 bits per heavy atom. The summed E-state index contributed by atoms with van der Waals surface area (Å²) >= 11 is 0. The molecule has 1 heterocycles. The van der Waals surface area contributed by atoms with Crippen molar-refractivity contribution in [2.75, 3.05) is 0 Å². The maximum atomic E-state index is 13.5. The minimum Gasteiger partial charge on any atom is -0.454 e. The van der Waals surface area contributed by atoms with E-state index in [1.54, 1.807) is 0 Å². The Hall–Kier alpha value is -1.12. The first-order valence-corrected chi connectivity index (χ1v) is 9.26. The maximum absolute atomic E-state index is 13.5. The van der Waals surface area contributed by atoms with Crippen LogP contribution in [0.2, 0.25) is 0 Å². The van der Waals surface area contributed by atoms with Crippen molar-refractivity contribution in [3.05, 3.63) is 12.2 Å². The van der Waals surface area contributed by atoms with Gasteiger partial charge in [-0.2, -0.15) is 0 Å². The van der Waals surface area contributed by atoms with Crippen LogP contribution in [0.25, 0.3) is 0 Å². The average Bonchev–Trinajstić information content (AvgIpc) is 2.91. The number of esters is 1. The van der Waals surface area contributed by atoms with Crippen LogP contribution in [-0.4, -0.2) is 17.9 Å². The van der Waals surface area contributed by atoms with Crippen LogP contribution < -0.4 is 0 Å². The second-order valence-electron chi connectivity index (χ2n) is 9.47. The summed E-state index contributed by atoms with van der Waals surface area (Å²) in [6, 6.07) is 0. The van der Waals surface area contributed by atoms with E-state index in [2.05, 4.69) is 20.4 Å². The molecule has 5 rings (SSSR count). The first kappa shape index (κ1) is 14.2. The molecule has 3 nitrogen and oxygen atoms in total. The van der Waals surface area contributed by atoms with Gasteiger partial charge in [-0.1, -0.05) is 25.5 Å². The number of rotatable bonds is 0. The molecular weight excluding hydrogens is 288 g/mol. The van der Waals surface area contributed by atoms with E-state index in [0.29, 0.717) is 11.8 Å². The van der Waals surface area contributed by atoms with Crippen LogP contribution in [0.15, 0.2) is 12.2 Å². The number of carbonyl (C=O) groups excluding carboxylic acids is 2. The van der Waals surface area contributed by atoms with Crippen molar-refractivity contribution in [3.8, 4) is 0 Å². The lowest BCUT2D eigenvalue weighted by atomic mass is 9.40. The number of Topliss-reactive ketones (excluding diaryl/α,β-unsaturated/α-hetero) is 1. The standard InChI is InChI=1S/C20H26O3/c1-11-9-20-10-12(11)5-6-13(20)18(2)7-4-8-19(3)15(18)14(16(20)21)23-17(19)22/h12-15H,1,4-10H2,2-3H3/t12-,13+,14-,15+,18+,19-,20+/m1/s1. The van der Waals surface area contributed by atoms with Gasteiger partial charge in [0, 0.05) is 11.3 Å². The second-order valence-corrected chi connectivity index (χ2v) is 9.47. The fourth-order valence-electron chi connectivity index (χ4n) is 7.72. The summed E-state index contributed by atoms with van der Waals surface area (Å²) in [5.74, 6) is 1.14. The van der Waals surface area contributed by atoms with E-state index in [1.165, 1.54) is 12.0 Å². The molecule has 0 aromatic heterocycles. The van der Waals surface area contributed by atoms with Crippen molar-refractivity contribution in [1.29, 1.82) is 0 Å². The smallest absolute Gasteiger partial charge is 0.312 e. The highest BCUT2D eigenvalue weighted by Gasteiger charge is 2.75. The molecule has 124 valence electrons. The van der Waals surface area contributed by atoms with Crippen LogP contribution in [0.5, 0.6) is 0 Å². The summed E-state index contributed by atoms with van der Waals surface area (Å²) in [6.07, 6.45) is 6.71. The fraction of sp³-hybridized carbons (Fsp3) is 0.800. The number of ketones is 1. The molecule has 5 aliphatic rings. The minimum absolute atomic E-state index is 0.0628. The van der Waals surface area contributed by atoms with Gasteiger partial charge in [-0.15, -0.1) is 0 Å². The molecule has 1 saturated heterocycles. The summed E-state index contributed by atoms with van der Waals surface area (Å²) in [5, 5.41) is 0. The Morgan fingerprint density at radius 3 is 2.74 bits per heavy atom. The zero-order valence-electron chi connectivity index (χ0n) is 14.2. The van der Waals surface area contributed by atoms with Crippen LogP contribution in [0, 0.1) is 34.0 Å². The Balaban J connectivity index is 1.71. The summed E-state index contributed by atoms with van der Waals surface area (Å²) in [4.78, 5) is 26.2. The van der Waals surface area contributed by atoms with Crippen LogP contribution in [0.3, 0.4) is 0 Å². The van der Waals surface area contributed by atoms with Crippen molar-refractivity contribution in [2.45, 2.75) is 64.9 Å². The molecule has 3 heteroatoms. The van der Waals surface area contributed by atoms with Crippen molar-refractivity contribution in [2.24, 2.45) is 34.0 Å². The van der Waals surface area contributed by atoms with Gasteiger partial charge in [0.05, 0.1) is 5.41 Å². The lowest BCUT2D eigenvalue weighted by molar-refractivity contribution is -0.178. The first-order chi connectivity index (χ1) is 10.8. The molecular formula is C20H26O3. The Bertz CT molecular complexity index is 651. The molecule has 23 heavy (non-hydrogen) atoms. The summed E-state index contributed by atoms with van der Waals surface area (Å²) in [6.45, 7) is 8.70. The molecule has 4 saturated carbocycles. The van der Waals surface area contributed by atoms with Crippen LogP contribution >= 0.6 is 0 Å². The maximum Gasteiger partial charge on any atom is 0.312 e. The van der Waals surface area contributed by atoms with Crippen molar-refractivity contribution < 1.29 is 14.3 Å². The molecule has 0 radical (unpaired) electrons. The third kappa shape index (κ3) is 1.36. The highest BCUT2D eigenvalue weighted by molar-refractivity contribution is 5.97. The Kier molecular flexibility index (Phi) is 2.43. The molecule has 0 aromatic rings. The Morgan fingerprint density at radius 2 is 1.96 bits per heavy atom. The third-order valence-corrected chi connectivity index (χ3v) is 8.56. The summed E-state index contributed by atoms with van der Waals surface area (Å²) in [5.41, 5.74) is 0.610. The monoisotopic (exact) mass is 314 g/mol. The fourth-order valence-corrected chi connectivity index (χ4v) is 7.72. The molecule has 0 amide bonds. The first-order valence-electron chi connectivity index (χ1n) is 9.26. The topological polar surface area (TPSA) is 43.4 Å². The predicted octanol–water partition coefficient (Wildman–Crippen LogP) is 3.67. The normalized spacial score (nSPS) is 57.0. The SMILES string of the molecule is C=C1C[C@]23C[C@H]1CC[C@H]2[C@]1(C)CCC[C@@]2(C)C(=O)O[C@@H](C3=O)[C@@H]12. The van der Waals surface area contributed by atoms with E-state index in [9.17, 15) is 9.59 Å². The van der Waals surface area contributed by atoms with E-state index in [-0.39, 0.29) is 28.5 Å². The van der Waals surface area contributed by atoms with Crippen LogP contribution in [0.1, 0.15) is 58.8 Å². The van der Waals surface area contributed by atoms with E-state index >= 15 is 0 Å². The van der Waals surface area contributed by atoms with Gasteiger partial charge in [-0.3, -0.25) is 9.59 Å². The summed E-state index contributed by atoms with van der Waals surface area (Å²) < 4.78 is 5.77. The van der Waals surface area contributed by atoms with Crippen LogP contribution in [0.4, 0.5) is 0 Å². The molecule has 7 atom stereocenters.